The van der Waals surface area contributed by atoms with Gasteiger partial charge in [0.15, 0.2) is 6.79 Å². The smallest absolute Gasteiger partial charge is 0.188 e. The Labute approximate surface area is 202 Å². The minimum Gasteiger partial charge on any atom is -0.467 e. The Morgan fingerprint density at radius 3 is 2.41 bits per heavy atom. The molecule has 3 aromatic carbocycles. The molecule has 178 valence electrons. The first-order valence-electron chi connectivity index (χ1n) is 11.0. The molecule has 0 aliphatic heterocycles. The van der Waals surface area contributed by atoms with Crippen LogP contribution in [0, 0.1) is 5.82 Å². The maximum atomic E-state index is 14.5. The predicted molar refractivity (Wildman–Crippen MR) is 135 cm³/mol. The van der Waals surface area contributed by atoms with E-state index < -0.39 is 27.6 Å². The predicted octanol–water partition coefficient (Wildman–Crippen LogP) is 5.89. The fraction of sp³-hybridized carbons (Fsp3) is 0.259. The summed E-state index contributed by atoms with van der Waals surface area (Å²) in [5, 5.41) is 1.02. The zero-order chi connectivity index (χ0) is 24.3. The molecule has 4 aromatic rings. The molecule has 2 atom stereocenters. The van der Waals surface area contributed by atoms with Crippen molar-refractivity contribution < 1.29 is 18.1 Å². The Bertz CT molecular complexity index is 1300. The molecule has 1 heterocycles. The minimum absolute atomic E-state index is 0.00931. The van der Waals surface area contributed by atoms with Crippen molar-refractivity contribution in [1.29, 1.82) is 0 Å². The summed E-state index contributed by atoms with van der Waals surface area (Å²) in [6.07, 6.45) is 0. The van der Waals surface area contributed by atoms with Gasteiger partial charge in [-0.05, 0) is 63.2 Å². The van der Waals surface area contributed by atoms with Crippen LogP contribution in [0.5, 0.6) is 5.75 Å². The van der Waals surface area contributed by atoms with Gasteiger partial charge in [-0.25, -0.2) is 13.3 Å². The van der Waals surface area contributed by atoms with Gasteiger partial charge in [0.05, 0.1) is 27.3 Å². The summed E-state index contributed by atoms with van der Waals surface area (Å²) in [4.78, 5) is 0. The lowest BCUT2D eigenvalue weighted by Crippen LogP contribution is -2.37. The maximum Gasteiger partial charge on any atom is 0.188 e. The Morgan fingerprint density at radius 1 is 1.00 bits per heavy atom. The van der Waals surface area contributed by atoms with Crippen LogP contribution in [0.4, 0.5) is 4.39 Å². The van der Waals surface area contributed by atoms with Gasteiger partial charge in [0.1, 0.15) is 11.6 Å². The van der Waals surface area contributed by atoms with Crippen molar-refractivity contribution in [3.63, 3.8) is 0 Å². The summed E-state index contributed by atoms with van der Waals surface area (Å²) in [7, 11) is 0.0807. The molecule has 0 amide bonds. The summed E-state index contributed by atoms with van der Waals surface area (Å²) >= 11 is 0. The van der Waals surface area contributed by atoms with Gasteiger partial charge in [0.25, 0.3) is 0 Å². The van der Waals surface area contributed by atoms with E-state index in [9.17, 15) is 8.60 Å². The molecule has 0 saturated carbocycles. The lowest BCUT2D eigenvalue weighted by Gasteiger charge is -2.27. The van der Waals surface area contributed by atoms with Gasteiger partial charge >= 0.3 is 0 Å². The number of para-hydroxylation sites is 2. The monoisotopic (exact) mass is 480 g/mol. The van der Waals surface area contributed by atoms with Crippen LogP contribution < -0.4 is 9.46 Å². The van der Waals surface area contributed by atoms with Gasteiger partial charge in [0, 0.05) is 29.4 Å². The van der Waals surface area contributed by atoms with Gasteiger partial charge in [-0.2, -0.15) is 0 Å². The normalized spacial score (nSPS) is 13.7. The lowest BCUT2D eigenvalue weighted by molar-refractivity contribution is 0.0501. The number of rotatable bonds is 8. The average molecular weight is 481 g/mol. The molecule has 0 aliphatic carbocycles. The number of hydrogen-bond donors (Lipinski definition) is 1. The Balaban J connectivity index is 1.98. The number of halogens is 1. The van der Waals surface area contributed by atoms with E-state index in [1.54, 1.807) is 6.07 Å². The maximum absolute atomic E-state index is 14.5. The SMILES string of the molecule is COCOc1ccc(F)cc1C(N[S@@](=O)C(C)(C)C)c1cc2ccccc2n1-c1ccccc1. The molecule has 1 unspecified atom stereocenters. The second kappa shape index (κ2) is 10.1. The molecule has 5 nitrogen and oxygen atoms in total. The van der Waals surface area contributed by atoms with E-state index in [-0.39, 0.29) is 6.79 Å². The van der Waals surface area contributed by atoms with E-state index in [2.05, 4.69) is 9.29 Å². The largest absolute Gasteiger partial charge is 0.467 e. The summed E-state index contributed by atoms with van der Waals surface area (Å²) < 4.78 is 43.6. The highest BCUT2D eigenvalue weighted by Crippen LogP contribution is 2.36. The molecule has 0 radical (unpaired) electrons. The highest BCUT2D eigenvalue weighted by atomic mass is 32.2. The van der Waals surface area contributed by atoms with Gasteiger partial charge in [0.2, 0.25) is 0 Å². The third-order valence-electron chi connectivity index (χ3n) is 5.45. The average Bonchev–Trinajstić information content (AvgIpc) is 3.20. The Morgan fingerprint density at radius 2 is 1.71 bits per heavy atom. The summed E-state index contributed by atoms with van der Waals surface area (Å²) in [6.45, 7) is 5.70. The van der Waals surface area contributed by atoms with Crippen molar-refractivity contribution >= 4 is 21.9 Å². The van der Waals surface area contributed by atoms with E-state index in [1.807, 2.05) is 81.4 Å². The summed E-state index contributed by atoms with van der Waals surface area (Å²) in [5.41, 5.74) is 3.29. The van der Waals surface area contributed by atoms with Crippen molar-refractivity contribution in [3.8, 4) is 11.4 Å². The molecule has 0 spiro atoms. The first-order valence-corrected chi connectivity index (χ1v) is 12.2. The number of fused-ring (bicyclic) bond motifs is 1. The molecule has 4 rings (SSSR count). The van der Waals surface area contributed by atoms with Crippen LogP contribution in [0.15, 0.2) is 78.9 Å². The fourth-order valence-electron chi connectivity index (χ4n) is 3.82. The van der Waals surface area contributed by atoms with Crippen LogP contribution in [0.2, 0.25) is 0 Å². The van der Waals surface area contributed by atoms with Gasteiger partial charge in [-0.1, -0.05) is 36.4 Å². The quantitative estimate of drug-likeness (QED) is 0.320. The van der Waals surface area contributed by atoms with E-state index in [0.29, 0.717) is 11.3 Å². The molecule has 0 aliphatic rings. The van der Waals surface area contributed by atoms with E-state index in [1.165, 1.54) is 19.2 Å². The zero-order valence-electron chi connectivity index (χ0n) is 19.7. The molecular formula is C27H29FN2O3S. The van der Waals surface area contributed by atoms with Crippen molar-refractivity contribution in [2.45, 2.75) is 31.6 Å². The van der Waals surface area contributed by atoms with E-state index in [0.717, 1.165) is 22.3 Å². The van der Waals surface area contributed by atoms with Crippen LogP contribution in [0.3, 0.4) is 0 Å². The number of methoxy groups -OCH3 is 1. The first kappa shape index (κ1) is 24.1. The fourth-order valence-corrected chi connectivity index (χ4v) is 4.63. The Hall–Kier alpha value is -3.00. The van der Waals surface area contributed by atoms with Gasteiger partial charge in [-0.3, -0.25) is 0 Å². The van der Waals surface area contributed by atoms with Crippen LogP contribution in [0.1, 0.15) is 38.1 Å². The summed E-state index contributed by atoms with van der Waals surface area (Å²) in [6, 6.07) is 23.7. The minimum atomic E-state index is -1.45. The van der Waals surface area contributed by atoms with Crippen molar-refractivity contribution in [2.24, 2.45) is 0 Å². The Kier molecular flexibility index (Phi) is 7.16. The molecule has 0 saturated heterocycles. The van der Waals surface area contributed by atoms with Crippen molar-refractivity contribution in [3.05, 3.63) is 95.9 Å². The highest BCUT2D eigenvalue weighted by molar-refractivity contribution is 7.84. The number of benzene rings is 3. The lowest BCUT2D eigenvalue weighted by atomic mass is 10.0. The highest BCUT2D eigenvalue weighted by Gasteiger charge is 2.30. The van der Waals surface area contributed by atoms with Crippen LogP contribution in [-0.4, -0.2) is 27.4 Å². The standard InChI is InChI=1S/C27H29FN2O3S/c1-27(2,3)34(31)29-26(22-17-20(28)14-15-25(22)33-18-32-4)24-16-19-10-8-9-13-23(19)30(24)21-11-6-5-7-12-21/h5-17,26,29H,18H2,1-4H3/t26?,34-/m0/s1. The third kappa shape index (κ3) is 5.06. The first-order chi connectivity index (χ1) is 16.3. The molecule has 1 N–H and O–H groups in total. The molecular weight excluding hydrogens is 451 g/mol. The number of nitrogens with one attached hydrogen (secondary N) is 1. The topological polar surface area (TPSA) is 52.5 Å². The molecule has 34 heavy (non-hydrogen) atoms. The second-order valence-electron chi connectivity index (χ2n) is 8.96. The van der Waals surface area contributed by atoms with Gasteiger partial charge < -0.3 is 14.0 Å². The number of aromatic nitrogens is 1. The van der Waals surface area contributed by atoms with Crippen LogP contribution in [0.25, 0.3) is 16.6 Å². The number of hydrogen-bond acceptors (Lipinski definition) is 3. The van der Waals surface area contributed by atoms with Gasteiger partial charge in [-0.15, -0.1) is 0 Å². The number of ether oxygens (including phenoxy) is 2. The van der Waals surface area contributed by atoms with Crippen molar-refractivity contribution in [1.82, 2.24) is 9.29 Å². The van der Waals surface area contributed by atoms with E-state index in [4.69, 9.17) is 9.47 Å². The van der Waals surface area contributed by atoms with Crippen LogP contribution in [-0.2, 0) is 15.7 Å². The second-order valence-corrected chi connectivity index (χ2v) is 11.0. The summed E-state index contributed by atoms with van der Waals surface area (Å²) in [5.74, 6) is 0.0482. The molecule has 7 heteroatoms. The molecule has 0 fully saturated rings. The van der Waals surface area contributed by atoms with Crippen molar-refractivity contribution in [2.75, 3.05) is 13.9 Å². The molecule has 0 bridgehead atoms. The van der Waals surface area contributed by atoms with E-state index >= 15 is 0 Å². The number of nitrogens with zero attached hydrogens (tertiary/aromatic N) is 1. The zero-order valence-corrected chi connectivity index (χ0v) is 20.6. The molecule has 1 aromatic heterocycles. The third-order valence-corrected chi connectivity index (χ3v) is 7.01. The van der Waals surface area contributed by atoms with Crippen LogP contribution >= 0.6 is 0 Å².